The summed E-state index contributed by atoms with van der Waals surface area (Å²) in [7, 11) is 4.60. The normalized spacial score (nSPS) is 16.7. The van der Waals surface area contributed by atoms with E-state index < -0.39 is 6.04 Å². The highest BCUT2D eigenvalue weighted by molar-refractivity contribution is 7.17. The Labute approximate surface area is 196 Å². The molecule has 0 radical (unpaired) electrons. The predicted molar refractivity (Wildman–Crippen MR) is 125 cm³/mol. The van der Waals surface area contributed by atoms with Crippen LogP contribution in [0.4, 0.5) is 0 Å². The first kappa shape index (κ1) is 20.7. The number of carbonyl (C=O) groups excluding carboxylic acids is 1. The Hall–Kier alpha value is -3.85. The summed E-state index contributed by atoms with van der Waals surface area (Å²) in [6.07, 6.45) is 4.07. The number of fused-ring (bicyclic) bond motifs is 2. The molecule has 34 heavy (non-hydrogen) atoms. The highest BCUT2D eigenvalue weighted by Crippen LogP contribution is 2.35. The molecule has 1 amide bonds. The van der Waals surface area contributed by atoms with Crippen LogP contribution in [0.5, 0.6) is 0 Å². The topological polar surface area (TPSA) is 123 Å². The number of pyridine rings is 1. The molecule has 6 rings (SSSR count). The molecule has 0 bridgehead atoms. The molecule has 6 heterocycles. The van der Waals surface area contributed by atoms with Gasteiger partial charge in [0.15, 0.2) is 0 Å². The largest absolute Gasteiger partial charge is 0.411 e. The molecule has 0 saturated carbocycles. The molecule has 3 atom stereocenters. The van der Waals surface area contributed by atoms with Gasteiger partial charge in [0, 0.05) is 43.3 Å². The standard InChI is InChI=1S/C22H22N9O2P/c1-12(34)17-5-3-4-13-10-16(28-31(13)17)19-18-14(23-11-24-18)7-9-30(19)22(32)21-26-25-20(33-21)15-6-8-29(2)27-15/h3-6,8,10-12,19H,7,9,34H2,1-2H3,(H,23,24)/t12?,19-/m0/s1. The highest BCUT2D eigenvalue weighted by Gasteiger charge is 2.38. The van der Waals surface area contributed by atoms with E-state index in [0.717, 1.165) is 28.3 Å². The fourth-order valence-electron chi connectivity index (χ4n) is 4.39. The number of rotatable bonds is 4. The van der Waals surface area contributed by atoms with E-state index in [-0.39, 0.29) is 23.3 Å². The fourth-order valence-corrected chi connectivity index (χ4v) is 4.65. The van der Waals surface area contributed by atoms with Gasteiger partial charge in [0.2, 0.25) is 0 Å². The number of carbonyl (C=O) groups is 1. The molecule has 1 aliphatic heterocycles. The van der Waals surface area contributed by atoms with Crippen molar-refractivity contribution in [2.75, 3.05) is 6.54 Å². The Morgan fingerprint density at radius 1 is 1.26 bits per heavy atom. The van der Waals surface area contributed by atoms with Gasteiger partial charge in [-0.05, 0) is 24.3 Å². The molecule has 0 spiro atoms. The van der Waals surface area contributed by atoms with Gasteiger partial charge in [0.1, 0.15) is 11.7 Å². The number of aryl methyl sites for hydroxylation is 1. The van der Waals surface area contributed by atoms with Gasteiger partial charge in [0.05, 0.1) is 23.2 Å². The maximum Gasteiger partial charge on any atom is 0.312 e. The minimum Gasteiger partial charge on any atom is -0.411 e. The molecule has 1 aliphatic rings. The zero-order valence-corrected chi connectivity index (χ0v) is 19.7. The molecule has 2 unspecified atom stereocenters. The van der Waals surface area contributed by atoms with Crippen molar-refractivity contribution in [3.05, 3.63) is 71.5 Å². The molecular weight excluding hydrogens is 453 g/mol. The van der Waals surface area contributed by atoms with Gasteiger partial charge in [-0.15, -0.1) is 19.4 Å². The van der Waals surface area contributed by atoms with Crippen molar-refractivity contribution in [1.29, 1.82) is 0 Å². The van der Waals surface area contributed by atoms with Crippen molar-refractivity contribution in [2.24, 2.45) is 7.05 Å². The lowest BCUT2D eigenvalue weighted by Crippen LogP contribution is -2.41. The number of hydrogen-bond donors (Lipinski definition) is 1. The molecule has 0 fully saturated rings. The number of amides is 1. The second-order valence-electron chi connectivity index (χ2n) is 8.35. The van der Waals surface area contributed by atoms with E-state index in [1.165, 1.54) is 0 Å². The summed E-state index contributed by atoms with van der Waals surface area (Å²) in [4.78, 5) is 23.0. The molecule has 0 saturated heterocycles. The van der Waals surface area contributed by atoms with Crippen LogP contribution in [0, 0.1) is 0 Å². The summed E-state index contributed by atoms with van der Waals surface area (Å²) in [6, 6.07) is 9.33. The smallest absolute Gasteiger partial charge is 0.312 e. The number of imidazole rings is 1. The van der Waals surface area contributed by atoms with Crippen LogP contribution in [0.25, 0.3) is 17.1 Å². The summed E-state index contributed by atoms with van der Waals surface area (Å²) < 4.78 is 9.27. The van der Waals surface area contributed by atoms with E-state index in [2.05, 4.69) is 41.4 Å². The van der Waals surface area contributed by atoms with Crippen LogP contribution < -0.4 is 0 Å². The van der Waals surface area contributed by atoms with E-state index in [1.54, 1.807) is 35.2 Å². The molecule has 12 heteroatoms. The minimum absolute atomic E-state index is 0.0901. The van der Waals surface area contributed by atoms with Crippen molar-refractivity contribution in [1.82, 2.24) is 44.5 Å². The third-order valence-corrected chi connectivity index (χ3v) is 6.35. The van der Waals surface area contributed by atoms with Crippen LogP contribution in [0.3, 0.4) is 0 Å². The number of H-pyrrole nitrogens is 1. The fraction of sp³-hybridized carbons (Fsp3) is 0.273. The quantitative estimate of drug-likeness (QED) is 0.396. The lowest BCUT2D eigenvalue weighted by molar-refractivity contribution is 0.0646. The number of aromatic nitrogens is 8. The number of aromatic amines is 1. The lowest BCUT2D eigenvalue weighted by atomic mass is 9.99. The summed E-state index contributed by atoms with van der Waals surface area (Å²) in [5.41, 5.74) is 5.22. The molecule has 172 valence electrons. The van der Waals surface area contributed by atoms with Gasteiger partial charge < -0.3 is 14.3 Å². The summed E-state index contributed by atoms with van der Waals surface area (Å²) in [5.74, 6) is -0.262. The Kier molecular flexibility index (Phi) is 4.80. The van der Waals surface area contributed by atoms with Gasteiger partial charge in [-0.2, -0.15) is 10.2 Å². The van der Waals surface area contributed by atoms with Gasteiger partial charge in [-0.1, -0.05) is 13.0 Å². The first-order valence-electron chi connectivity index (χ1n) is 10.9. The summed E-state index contributed by atoms with van der Waals surface area (Å²) >= 11 is 0. The van der Waals surface area contributed by atoms with Crippen LogP contribution in [-0.4, -0.2) is 56.9 Å². The zero-order valence-electron chi connectivity index (χ0n) is 18.6. The molecule has 1 N–H and O–H groups in total. The van der Waals surface area contributed by atoms with Crippen molar-refractivity contribution >= 4 is 20.7 Å². The third-order valence-electron chi connectivity index (χ3n) is 6.01. The highest BCUT2D eigenvalue weighted by atomic mass is 31.0. The van der Waals surface area contributed by atoms with Crippen molar-refractivity contribution in [2.45, 2.75) is 25.0 Å². The van der Waals surface area contributed by atoms with E-state index in [0.29, 0.717) is 18.7 Å². The van der Waals surface area contributed by atoms with Crippen molar-refractivity contribution in [3.8, 4) is 11.6 Å². The lowest BCUT2D eigenvalue weighted by Gasteiger charge is -2.32. The maximum atomic E-state index is 13.6. The van der Waals surface area contributed by atoms with Crippen LogP contribution in [0.2, 0.25) is 0 Å². The average Bonchev–Trinajstić information content (AvgIpc) is 3.62. The number of nitrogens with one attached hydrogen (secondary N) is 1. The monoisotopic (exact) mass is 475 g/mol. The van der Waals surface area contributed by atoms with Crippen molar-refractivity contribution in [3.63, 3.8) is 0 Å². The predicted octanol–water partition coefficient (Wildman–Crippen LogP) is 2.56. The second kappa shape index (κ2) is 7.88. The molecule has 5 aromatic rings. The van der Waals surface area contributed by atoms with Crippen LogP contribution in [-0.2, 0) is 13.5 Å². The molecule has 0 aromatic carbocycles. The summed E-state index contributed by atoms with van der Waals surface area (Å²) in [6.45, 7) is 2.55. The van der Waals surface area contributed by atoms with Crippen LogP contribution >= 0.6 is 9.24 Å². The van der Waals surface area contributed by atoms with E-state index in [9.17, 15) is 4.79 Å². The second-order valence-corrected chi connectivity index (χ2v) is 9.35. The number of nitrogens with zero attached hydrogens (tertiary/aromatic N) is 8. The maximum absolute atomic E-state index is 13.6. The van der Waals surface area contributed by atoms with E-state index in [4.69, 9.17) is 9.52 Å². The SMILES string of the molecule is CC(P)c1cccc2cc([C@H]3c4nc[nH]c4CCN3C(=O)c3nnc(-c4ccn(C)n4)o3)nn12. The average molecular weight is 475 g/mol. The molecular formula is C22H22N9O2P. The summed E-state index contributed by atoms with van der Waals surface area (Å²) in [5, 5.41) is 17.2. The molecule has 5 aromatic heterocycles. The third kappa shape index (κ3) is 3.31. The molecule has 0 aliphatic carbocycles. The van der Waals surface area contributed by atoms with E-state index >= 15 is 0 Å². The van der Waals surface area contributed by atoms with Crippen LogP contribution in [0.1, 0.15) is 52.1 Å². The Morgan fingerprint density at radius 3 is 2.94 bits per heavy atom. The van der Waals surface area contributed by atoms with Gasteiger partial charge in [0.25, 0.3) is 5.89 Å². The zero-order chi connectivity index (χ0) is 23.4. The Morgan fingerprint density at radius 2 is 2.15 bits per heavy atom. The van der Waals surface area contributed by atoms with Crippen molar-refractivity contribution < 1.29 is 9.21 Å². The van der Waals surface area contributed by atoms with Crippen LogP contribution in [0.15, 0.2) is 47.3 Å². The Bertz CT molecular complexity index is 1510. The van der Waals surface area contributed by atoms with E-state index in [1.807, 2.05) is 28.8 Å². The first-order chi connectivity index (χ1) is 16.5. The number of hydrogen-bond acceptors (Lipinski definition) is 7. The van der Waals surface area contributed by atoms with Gasteiger partial charge in [-0.3, -0.25) is 9.48 Å². The minimum atomic E-state index is -0.486. The van der Waals surface area contributed by atoms with Gasteiger partial charge in [-0.25, -0.2) is 9.50 Å². The first-order valence-corrected chi connectivity index (χ1v) is 11.6. The Balaban J connectivity index is 1.41. The molecule has 11 nitrogen and oxygen atoms in total. The van der Waals surface area contributed by atoms with Gasteiger partial charge >= 0.3 is 11.8 Å².